The molecule has 2 rings (SSSR count). The summed E-state index contributed by atoms with van der Waals surface area (Å²) in [4.78, 5) is 2.64. The van der Waals surface area contributed by atoms with Gasteiger partial charge in [0.25, 0.3) is 0 Å². The van der Waals surface area contributed by atoms with E-state index in [1.165, 1.54) is 44.9 Å². The fourth-order valence-electron chi connectivity index (χ4n) is 4.14. The van der Waals surface area contributed by atoms with Gasteiger partial charge in [-0.1, -0.05) is 32.6 Å². The van der Waals surface area contributed by atoms with Crippen LogP contribution in [0.3, 0.4) is 0 Å². The molecule has 2 atom stereocenters. The molecule has 2 saturated carbocycles. The summed E-state index contributed by atoms with van der Waals surface area (Å²) in [5, 5.41) is 13.3. The van der Waals surface area contributed by atoms with Crippen LogP contribution < -0.4 is 5.32 Å². The monoisotopic (exact) mass is 268 g/mol. The van der Waals surface area contributed by atoms with Crippen molar-refractivity contribution in [1.29, 1.82) is 0 Å². The largest absolute Gasteiger partial charge is 0.394 e. The highest BCUT2D eigenvalue weighted by Crippen LogP contribution is 2.35. The molecule has 0 aromatic heterocycles. The SMILES string of the molecule is CCNC1(CO)CCC(N(C)C2CCCCCC2)C1. The van der Waals surface area contributed by atoms with Gasteiger partial charge in [0.15, 0.2) is 0 Å². The highest BCUT2D eigenvalue weighted by atomic mass is 16.3. The second-order valence-corrected chi connectivity index (χ2v) is 6.68. The maximum atomic E-state index is 9.72. The number of hydrogen-bond acceptors (Lipinski definition) is 3. The lowest BCUT2D eigenvalue weighted by Gasteiger charge is -2.34. The molecule has 0 aliphatic heterocycles. The van der Waals surface area contributed by atoms with Crippen molar-refractivity contribution in [3.63, 3.8) is 0 Å². The third-order valence-electron chi connectivity index (χ3n) is 5.41. The lowest BCUT2D eigenvalue weighted by atomic mass is 9.97. The van der Waals surface area contributed by atoms with E-state index in [1.54, 1.807) is 0 Å². The Morgan fingerprint density at radius 2 is 1.79 bits per heavy atom. The van der Waals surface area contributed by atoms with E-state index in [0.717, 1.165) is 25.4 Å². The van der Waals surface area contributed by atoms with Crippen LogP contribution in [0.2, 0.25) is 0 Å². The van der Waals surface area contributed by atoms with Crippen LogP contribution in [0.1, 0.15) is 64.7 Å². The summed E-state index contributed by atoms with van der Waals surface area (Å²) >= 11 is 0. The van der Waals surface area contributed by atoms with Gasteiger partial charge in [0.1, 0.15) is 0 Å². The number of nitrogens with zero attached hydrogens (tertiary/aromatic N) is 1. The molecule has 112 valence electrons. The molecule has 2 N–H and O–H groups in total. The van der Waals surface area contributed by atoms with Gasteiger partial charge in [0, 0.05) is 17.6 Å². The minimum atomic E-state index is -0.00158. The number of aliphatic hydroxyl groups excluding tert-OH is 1. The fraction of sp³-hybridized carbons (Fsp3) is 1.00. The normalized spacial score (nSPS) is 33.8. The number of nitrogens with one attached hydrogen (secondary N) is 1. The first kappa shape index (κ1) is 15.3. The van der Waals surface area contributed by atoms with E-state index in [1.807, 2.05) is 0 Å². The van der Waals surface area contributed by atoms with Crippen LogP contribution >= 0.6 is 0 Å². The molecule has 2 unspecified atom stereocenters. The standard InChI is InChI=1S/C16H32N2O/c1-3-17-16(13-19)11-10-15(12-16)18(2)14-8-6-4-5-7-9-14/h14-15,17,19H,3-13H2,1-2H3. The lowest BCUT2D eigenvalue weighted by molar-refractivity contribution is 0.129. The molecule has 0 heterocycles. The van der Waals surface area contributed by atoms with Crippen LogP contribution in [0.15, 0.2) is 0 Å². The first-order valence-electron chi connectivity index (χ1n) is 8.28. The van der Waals surface area contributed by atoms with E-state index in [2.05, 4.69) is 24.2 Å². The Kier molecular flexibility index (Phi) is 5.67. The molecule has 19 heavy (non-hydrogen) atoms. The Balaban J connectivity index is 1.91. The number of hydrogen-bond donors (Lipinski definition) is 2. The predicted octanol–water partition coefficient (Wildman–Crippen LogP) is 2.53. The molecule has 0 aromatic rings. The smallest absolute Gasteiger partial charge is 0.0613 e. The van der Waals surface area contributed by atoms with Crippen molar-refractivity contribution in [2.45, 2.75) is 82.3 Å². The predicted molar refractivity (Wildman–Crippen MR) is 80.4 cm³/mol. The zero-order valence-corrected chi connectivity index (χ0v) is 12.8. The molecule has 2 aliphatic carbocycles. The van der Waals surface area contributed by atoms with E-state index in [9.17, 15) is 5.11 Å². The number of rotatable bonds is 5. The highest BCUT2D eigenvalue weighted by Gasteiger charge is 2.40. The van der Waals surface area contributed by atoms with Crippen LogP contribution in [0, 0.1) is 0 Å². The van der Waals surface area contributed by atoms with Gasteiger partial charge in [-0.2, -0.15) is 0 Å². The van der Waals surface area contributed by atoms with Crippen molar-refractivity contribution in [2.24, 2.45) is 0 Å². The molecule has 3 heteroatoms. The van der Waals surface area contributed by atoms with Gasteiger partial charge < -0.3 is 15.3 Å². The van der Waals surface area contributed by atoms with Crippen LogP contribution in [0.4, 0.5) is 0 Å². The Hall–Kier alpha value is -0.120. The van der Waals surface area contributed by atoms with Gasteiger partial charge in [-0.25, -0.2) is 0 Å². The molecule has 3 nitrogen and oxygen atoms in total. The molecular formula is C16H32N2O. The molecule has 0 aromatic carbocycles. The average molecular weight is 268 g/mol. The van der Waals surface area contributed by atoms with Crippen LogP contribution in [-0.2, 0) is 0 Å². The summed E-state index contributed by atoms with van der Waals surface area (Å²) in [6.07, 6.45) is 11.9. The molecule has 2 aliphatic rings. The first-order valence-corrected chi connectivity index (χ1v) is 8.28. The van der Waals surface area contributed by atoms with E-state index < -0.39 is 0 Å². The zero-order chi connectivity index (χ0) is 13.7. The Bertz CT molecular complexity index is 263. The summed E-state index contributed by atoms with van der Waals surface area (Å²) in [5.74, 6) is 0. The van der Waals surface area contributed by atoms with Crippen molar-refractivity contribution >= 4 is 0 Å². The van der Waals surface area contributed by atoms with E-state index in [-0.39, 0.29) is 12.1 Å². The van der Waals surface area contributed by atoms with Gasteiger partial charge >= 0.3 is 0 Å². The van der Waals surface area contributed by atoms with Crippen molar-refractivity contribution in [2.75, 3.05) is 20.2 Å². The quantitative estimate of drug-likeness (QED) is 0.752. The summed E-state index contributed by atoms with van der Waals surface area (Å²) in [5.41, 5.74) is -0.00158. The van der Waals surface area contributed by atoms with Crippen molar-refractivity contribution in [3.05, 3.63) is 0 Å². The molecule has 0 saturated heterocycles. The van der Waals surface area contributed by atoms with E-state index in [4.69, 9.17) is 0 Å². The third kappa shape index (κ3) is 3.71. The van der Waals surface area contributed by atoms with E-state index >= 15 is 0 Å². The molecule has 0 spiro atoms. The molecule has 0 radical (unpaired) electrons. The topological polar surface area (TPSA) is 35.5 Å². The minimum Gasteiger partial charge on any atom is -0.394 e. The van der Waals surface area contributed by atoms with Gasteiger partial charge in [0.2, 0.25) is 0 Å². The van der Waals surface area contributed by atoms with E-state index in [0.29, 0.717) is 6.04 Å². The Morgan fingerprint density at radius 3 is 2.37 bits per heavy atom. The highest BCUT2D eigenvalue weighted by molar-refractivity contribution is 4.99. The maximum absolute atomic E-state index is 9.72. The van der Waals surface area contributed by atoms with Gasteiger partial charge in [-0.3, -0.25) is 0 Å². The Morgan fingerprint density at radius 1 is 1.11 bits per heavy atom. The van der Waals surface area contributed by atoms with Crippen LogP contribution in [0.5, 0.6) is 0 Å². The summed E-state index contributed by atoms with van der Waals surface area (Å²) < 4.78 is 0. The summed E-state index contributed by atoms with van der Waals surface area (Å²) in [6.45, 7) is 3.38. The molecule has 0 amide bonds. The minimum absolute atomic E-state index is 0.00158. The molecular weight excluding hydrogens is 236 g/mol. The van der Waals surface area contributed by atoms with Crippen molar-refractivity contribution in [3.8, 4) is 0 Å². The first-order chi connectivity index (χ1) is 9.21. The molecule has 0 bridgehead atoms. The fourth-order valence-corrected chi connectivity index (χ4v) is 4.14. The van der Waals surface area contributed by atoms with Gasteiger partial charge in [-0.15, -0.1) is 0 Å². The number of likely N-dealkylation sites (N-methyl/N-ethyl adjacent to an activating group) is 1. The van der Waals surface area contributed by atoms with Gasteiger partial charge in [-0.05, 0) is 45.7 Å². The second-order valence-electron chi connectivity index (χ2n) is 6.68. The Labute approximate surface area is 118 Å². The summed E-state index contributed by atoms with van der Waals surface area (Å²) in [6, 6.07) is 1.44. The average Bonchev–Trinajstić information content (AvgIpc) is 2.67. The van der Waals surface area contributed by atoms with Crippen LogP contribution in [-0.4, -0.2) is 47.8 Å². The second kappa shape index (κ2) is 7.05. The maximum Gasteiger partial charge on any atom is 0.0613 e. The lowest BCUT2D eigenvalue weighted by Crippen LogP contribution is -2.48. The zero-order valence-electron chi connectivity index (χ0n) is 12.8. The van der Waals surface area contributed by atoms with Crippen LogP contribution in [0.25, 0.3) is 0 Å². The third-order valence-corrected chi connectivity index (χ3v) is 5.41. The van der Waals surface area contributed by atoms with Gasteiger partial charge in [0.05, 0.1) is 6.61 Å². The summed E-state index contributed by atoms with van der Waals surface area (Å²) in [7, 11) is 2.32. The number of aliphatic hydroxyl groups is 1. The van der Waals surface area contributed by atoms with Crippen molar-refractivity contribution < 1.29 is 5.11 Å². The molecule has 2 fully saturated rings. The van der Waals surface area contributed by atoms with Crippen molar-refractivity contribution in [1.82, 2.24) is 10.2 Å².